The SMILES string of the molecule is O=S(=O)(c1c(Cl)nc2ccccn12)N1CCC(Oc2cccnc2)C1. The molecule has 3 aromatic heterocycles. The second kappa shape index (κ2) is 6.29. The first-order chi connectivity index (χ1) is 12.1. The monoisotopic (exact) mass is 378 g/mol. The smallest absolute Gasteiger partial charge is 0.262 e. The van der Waals surface area contributed by atoms with E-state index in [1.54, 1.807) is 48.9 Å². The molecule has 0 aromatic carbocycles. The van der Waals surface area contributed by atoms with E-state index in [1.807, 2.05) is 0 Å². The summed E-state index contributed by atoms with van der Waals surface area (Å²) in [6, 6.07) is 8.80. The van der Waals surface area contributed by atoms with Crippen molar-refractivity contribution in [3.63, 3.8) is 0 Å². The molecule has 4 heterocycles. The molecule has 130 valence electrons. The second-order valence-electron chi connectivity index (χ2n) is 5.72. The minimum absolute atomic E-state index is 0.00760. The molecule has 25 heavy (non-hydrogen) atoms. The van der Waals surface area contributed by atoms with E-state index < -0.39 is 10.0 Å². The first-order valence-corrected chi connectivity index (χ1v) is 9.57. The topological polar surface area (TPSA) is 76.8 Å². The molecule has 9 heteroatoms. The number of halogens is 1. The first kappa shape index (κ1) is 16.3. The molecule has 3 aromatic rings. The van der Waals surface area contributed by atoms with Crippen LogP contribution in [0.4, 0.5) is 0 Å². The van der Waals surface area contributed by atoms with Gasteiger partial charge in [0.05, 0.1) is 12.7 Å². The molecule has 0 aliphatic carbocycles. The van der Waals surface area contributed by atoms with Gasteiger partial charge in [0.25, 0.3) is 10.0 Å². The predicted octanol–water partition coefficient (Wildman–Crippen LogP) is 2.22. The number of imidazole rings is 1. The van der Waals surface area contributed by atoms with E-state index in [2.05, 4.69) is 9.97 Å². The van der Waals surface area contributed by atoms with Crippen LogP contribution in [0.25, 0.3) is 5.65 Å². The third-order valence-corrected chi connectivity index (χ3v) is 6.34. The lowest BCUT2D eigenvalue weighted by Crippen LogP contribution is -2.32. The van der Waals surface area contributed by atoms with Crippen molar-refractivity contribution in [1.82, 2.24) is 18.7 Å². The summed E-state index contributed by atoms with van der Waals surface area (Å²) in [6.45, 7) is 0.622. The highest BCUT2D eigenvalue weighted by atomic mass is 35.5. The van der Waals surface area contributed by atoms with Crippen molar-refractivity contribution >= 4 is 27.3 Å². The lowest BCUT2D eigenvalue weighted by atomic mass is 10.3. The summed E-state index contributed by atoms with van der Waals surface area (Å²) in [5, 5.41) is -0.0328. The number of hydrogen-bond donors (Lipinski definition) is 0. The van der Waals surface area contributed by atoms with Gasteiger partial charge in [-0.1, -0.05) is 17.7 Å². The second-order valence-corrected chi connectivity index (χ2v) is 7.93. The van der Waals surface area contributed by atoms with Crippen molar-refractivity contribution in [2.24, 2.45) is 0 Å². The van der Waals surface area contributed by atoms with Gasteiger partial charge in [0.1, 0.15) is 17.5 Å². The fourth-order valence-corrected chi connectivity index (χ4v) is 5.00. The van der Waals surface area contributed by atoms with E-state index in [0.717, 1.165) is 0 Å². The van der Waals surface area contributed by atoms with Crippen LogP contribution in [-0.4, -0.2) is 46.3 Å². The number of sulfonamides is 1. The lowest BCUT2D eigenvalue weighted by Gasteiger charge is -2.17. The highest BCUT2D eigenvalue weighted by Crippen LogP contribution is 2.29. The Morgan fingerprint density at radius 2 is 2.12 bits per heavy atom. The van der Waals surface area contributed by atoms with Gasteiger partial charge in [0.2, 0.25) is 0 Å². The van der Waals surface area contributed by atoms with E-state index >= 15 is 0 Å². The van der Waals surface area contributed by atoms with Crippen LogP contribution in [-0.2, 0) is 10.0 Å². The van der Waals surface area contributed by atoms with Gasteiger partial charge in [-0.3, -0.25) is 9.38 Å². The van der Waals surface area contributed by atoms with Crippen LogP contribution in [0.2, 0.25) is 5.15 Å². The minimum Gasteiger partial charge on any atom is -0.487 e. The average Bonchev–Trinajstić information content (AvgIpc) is 3.19. The zero-order valence-corrected chi connectivity index (χ0v) is 14.7. The fraction of sp³-hybridized carbons (Fsp3) is 0.250. The maximum absolute atomic E-state index is 13.0. The number of pyridine rings is 2. The Morgan fingerprint density at radius 3 is 2.92 bits per heavy atom. The zero-order chi connectivity index (χ0) is 17.4. The van der Waals surface area contributed by atoms with Gasteiger partial charge in [0.15, 0.2) is 10.2 Å². The van der Waals surface area contributed by atoms with Gasteiger partial charge in [-0.05, 0) is 30.7 Å². The number of rotatable bonds is 4. The average molecular weight is 379 g/mol. The van der Waals surface area contributed by atoms with Crippen LogP contribution in [0.1, 0.15) is 6.42 Å². The summed E-state index contributed by atoms with van der Waals surface area (Å²) in [6.07, 6.45) is 5.28. The van der Waals surface area contributed by atoms with Crippen molar-refractivity contribution in [1.29, 1.82) is 0 Å². The molecule has 0 spiro atoms. The fourth-order valence-electron chi connectivity index (χ4n) is 2.92. The Morgan fingerprint density at radius 1 is 1.24 bits per heavy atom. The number of fused-ring (bicyclic) bond motifs is 1. The summed E-state index contributed by atoms with van der Waals surface area (Å²) >= 11 is 6.12. The van der Waals surface area contributed by atoms with E-state index in [1.165, 1.54) is 8.71 Å². The van der Waals surface area contributed by atoms with Crippen LogP contribution >= 0.6 is 11.6 Å². The van der Waals surface area contributed by atoms with Crippen LogP contribution in [0.5, 0.6) is 5.75 Å². The van der Waals surface area contributed by atoms with Crippen molar-refractivity contribution in [3.05, 3.63) is 54.1 Å². The molecule has 1 unspecified atom stereocenters. The normalized spacial score (nSPS) is 18.7. The van der Waals surface area contributed by atoms with Crippen LogP contribution in [0, 0.1) is 0 Å². The summed E-state index contributed by atoms with van der Waals surface area (Å²) in [5.41, 5.74) is 0.494. The Bertz CT molecular complexity index is 1010. The molecule has 1 aliphatic heterocycles. The molecule has 0 bridgehead atoms. The molecule has 7 nitrogen and oxygen atoms in total. The number of hydrogen-bond acceptors (Lipinski definition) is 5. The van der Waals surface area contributed by atoms with Crippen LogP contribution < -0.4 is 4.74 Å². The maximum atomic E-state index is 13.0. The predicted molar refractivity (Wildman–Crippen MR) is 92.2 cm³/mol. The number of aromatic nitrogens is 3. The molecule has 1 atom stereocenters. The van der Waals surface area contributed by atoms with Crippen molar-refractivity contribution in [2.45, 2.75) is 17.6 Å². The lowest BCUT2D eigenvalue weighted by molar-refractivity contribution is 0.214. The Balaban J connectivity index is 1.60. The minimum atomic E-state index is -3.77. The standard InChI is InChI=1S/C16H15ClN4O3S/c17-15-16(21-8-2-1-5-14(21)19-15)25(22,23)20-9-6-13(11-20)24-12-4-3-7-18-10-12/h1-5,7-8,10,13H,6,9,11H2. The van der Waals surface area contributed by atoms with Gasteiger partial charge in [-0.25, -0.2) is 13.4 Å². The molecule has 0 N–H and O–H groups in total. The van der Waals surface area contributed by atoms with E-state index in [9.17, 15) is 8.42 Å². The van der Waals surface area contributed by atoms with Gasteiger partial charge in [-0.2, -0.15) is 4.31 Å². The Labute approximate surface area is 149 Å². The molecule has 0 amide bonds. The van der Waals surface area contributed by atoms with Gasteiger partial charge >= 0.3 is 0 Å². The number of ether oxygens (including phenoxy) is 1. The Kier molecular flexibility index (Phi) is 4.10. The Hall–Kier alpha value is -2.16. The molecule has 0 radical (unpaired) electrons. The molecule has 4 rings (SSSR count). The third-order valence-electron chi connectivity index (χ3n) is 4.08. The molecule has 0 saturated carbocycles. The molecule has 1 saturated heterocycles. The van der Waals surface area contributed by atoms with Gasteiger partial charge in [0, 0.05) is 18.9 Å². The zero-order valence-electron chi connectivity index (χ0n) is 13.1. The van der Waals surface area contributed by atoms with Crippen molar-refractivity contribution < 1.29 is 13.2 Å². The van der Waals surface area contributed by atoms with Gasteiger partial charge < -0.3 is 4.74 Å². The largest absolute Gasteiger partial charge is 0.487 e. The van der Waals surface area contributed by atoms with E-state index in [0.29, 0.717) is 24.4 Å². The molecular formula is C16H15ClN4O3S. The quantitative estimate of drug-likeness (QED) is 0.695. The maximum Gasteiger partial charge on any atom is 0.262 e. The third kappa shape index (κ3) is 2.97. The van der Waals surface area contributed by atoms with Crippen LogP contribution in [0.15, 0.2) is 53.9 Å². The molecule has 1 fully saturated rings. The summed E-state index contributed by atoms with van der Waals surface area (Å²) < 4.78 is 34.8. The molecule has 1 aliphatic rings. The highest BCUT2D eigenvalue weighted by molar-refractivity contribution is 7.89. The molecular weight excluding hydrogens is 364 g/mol. The van der Waals surface area contributed by atoms with E-state index in [-0.39, 0.29) is 22.8 Å². The van der Waals surface area contributed by atoms with E-state index in [4.69, 9.17) is 16.3 Å². The summed E-state index contributed by atoms with van der Waals surface area (Å²) in [4.78, 5) is 8.12. The number of nitrogens with zero attached hydrogens (tertiary/aromatic N) is 4. The van der Waals surface area contributed by atoms with Crippen molar-refractivity contribution in [3.8, 4) is 5.75 Å². The highest BCUT2D eigenvalue weighted by Gasteiger charge is 2.37. The summed E-state index contributed by atoms with van der Waals surface area (Å²) in [5.74, 6) is 0.625. The van der Waals surface area contributed by atoms with Crippen LogP contribution in [0.3, 0.4) is 0 Å². The summed E-state index contributed by atoms with van der Waals surface area (Å²) in [7, 11) is -3.77. The first-order valence-electron chi connectivity index (χ1n) is 7.75. The van der Waals surface area contributed by atoms with Crippen molar-refractivity contribution in [2.75, 3.05) is 13.1 Å². The van der Waals surface area contributed by atoms with Gasteiger partial charge in [-0.15, -0.1) is 0 Å².